The van der Waals surface area contributed by atoms with E-state index in [0.29, 0.717) is 5.92 Å². The first-order chi connectivity index (χ1) is 15.8. The molecule has 7 nitrogen and oxygen atoms in total. The van der Waals surface area contributed by atoms with Crippen LogP contribution in [0.1, 0.15) is 24.1 Å². The second-order valence-electron chi connectivity index (χ2n) is 8.96. The summed E-state index contributed by atoms with van der Waals surface area (Å²) in [4.78, 5) is 13.9. The molecule has 0 spiro atoms. The van der Waals surface area contributed by atoms with Crippen molar-refractivity contribution in [1.29, 1.82) is 0 Å². The van der Waals surface area contributed by atoms with Crippen molar-refractivity contribution < 1.29 is 9.47 Å². The molecule has 32 heavy (non-hydrogen) atoms. The molecule has 1 atom stereocenters. The maximum atomic E-state index is 6.21. The number of para-hydroxylation sites is 1. The quantitative estimate of drug-likeness (QED) is 0.542. The van der Waals surface area contributed by atoms with Crippen molar-refractivity contribution in [2.24, 2.45) is 5.92 Å². The van der Waals surface area contributed by atoms with E-state index in [-0.39, 0.29) is 0 Å². The van der Waals surface area contributed by atoms with E-state index in [0.717, 1.165) is 69.5 Å². The first kappa shape index (κ1) is 21.4. The molecule has 1 aromatic carbocycles. The molecular weight excluding hydrogens is 402 g/mol. The van der Waals surface area contributed by atoms with Gasteiger partial charge in [-0.15, -0.1) is 0 Å². The van der Waals surface area contributed by atoms with Gasteiger partial charge in [0.05, 0.1) is 25.1 Å². The predicted molar refractivity (Wildman–Crippen MR) is 124 cm³/mol. The molecule has 170 valence electrons. The minimum atomic E-state index is 0.411. The van der Waals surface area contributed by atoms with Crippen LogP contribution in [0.15, 0.2) is 49.1 Å². The molecule has 0 radical (unpaired) electrons. The van der Waals surface area contributed by atoms with Crippen molar-refractivity contribution in [2.45, 2.75) is 25.8 Å². The van der Waals surface area contributed by atoms with E-state index in [2.05, 4.69) is 50.2 Å². The molecule has 0 amide bonds. The zero-order valence-electron chi connectivity index (χ0n) is 18.7. The Hall–Kier alpha value is -2.48. The van der Waals surface area contributed by atoms with Gasteiger partial charge >= 0.3 is 0 Å². The molecule has 2 fully saturated rings. The van der Waals surface area contributed by atoms with Crippen molar-refractivity contribution in [2.75, 3.05) is 52.5 Å². The summed E-state index contributed by atoms with van der Waals surface area (Å²) in [5, 5.41) is 0. The van der Waals surface area contributed by atoms with Crippen molar-refractivity contribution >= 4 is 5.65 Å². The molecule has 0 unspecified atom stereocenters. The van der Waals surface area contributed by atoms with Crippen LogP contribution in [0.3, 0.4) is 0 Å². The molecule has 0 saturated carbocycles. The highest BCUT2D eigenvalue weighted by molar-refractivity contribution is 5.35. The number of rotatable bonds is 8. The highest BCUT2D eigenvalue weighted by atomic mass is 16.5. The van der Waals surface area contributed by atoms with Crippen molar-refractivity contribution in [3.05, 3.63) is 60.3 Å². The zero-order valence-corrected chi connectivity index (χ0v) is 18.7. The Morgan fingerprint density at radius 2 is 1.97 bits per heavy atom. The lowest BCUT2D eigenvalue weighted by Crippen LogP contribution is -2.31. The topological polar surface area (TPSA) is 55.1 Å². The predicted octanol–water partition coefficient (Wildman–Crippen LogP) is 2.90. The van der Waals surface area contributed by atoms with Gasteiger partial charge in [-0.1, -0.05) is 18.2 Å². The maximum absolute atomic E-state index is 6.21. The second-order valence-corrected chi connectivity index (χ2v) is 8.96. The molecule has 0 N–H and O–H groups in total. The number of ether oxygens (including phenoxy) is 2. The normalized spacial score (nSPS) is 20.6. The summed E-state index contributed by atoms with van der Waals surface area (Å²) < 4.78 is 14.2. The molecule has 3 aromatic rings. The first-order valence-electron chi connectivity index (χ1n) is 11.8. The Kier molecular flexibility index (Phi) is 6.96. The largest absolute Gasteiger partial charge is 0.492 e. The Morgan fingerprint density at radius 1 is 1.06 bits per heavy atom. The third kappa shape index (κ3) is 5.46. The van der Waals surface area contributed by atoms with E-state index in [1.54, 1.807) is 0 Å². The number of likely N-dealkylation sites (tertiary alicyclic amines) is 1. The summed E-state index contributed by atoms with van der Waals surface area (Å²) in [6.07, 6.45) is 11.3. The second kappa shape index (κ2) is 10.4. The molecule has 0 aliphatic carbocycles. The summed E-state index contributed by atoms with van der Waals surface area (Å²) in [6.45, 7) is 8.54. The van der Waals surface area contributed by atoms with Crippen LogP contribution in [0, 0.1) is 5.92 Å². The number of benzene rings is 1. The molecule has 0 bridgehead atoms. The molecule has 7 heteroatoms. The van der Waals surface area contributed by atoms with Gasteiger partial charge in [0, 0.05) is 56.3 Å². The van der Waals surface area contributed by atoms with Crippen LogP contribution in [0.5, 0.6) is 5.75 Å². The Balaban J connectivity index is 1.19. The molecule has 5 rings (SSSR count). The van der Waals surface area contributed by atoms with Gasteiger partial charge in [0.15, 0.2) is 5.65 Å². The van der Waals surface area contributed by atoms with Crippen LogP contribution in [0.2, 0.25) is 0 Å². The summed E-state index contributed by atoms with van der Waals surface area (Å²) in [6, 6.07) is 8.48. The highest BCUT2D eigenvalue weighted by Gasteiger charge is 2.21. The summed E-state index contributed by atoms with van der Waals surface area (Å²) in [7, 11) is 0. The van der Waals surface area contributed by atoms with E-state index < -0.39 is 0 Å². The van der Waals surface area contributed by atoms with Gasteiger partial charge in [0.25, 0.3) is 0 Å². The standard InChI is InChI=1S/C25H33N5O2/c1-2-6-24(32-14-12-28-8-3-4-9-28)22(5-1)18-29-11-13-31-20-21(17-29)15-23-19-30-10-7-26-25(30)16-27-23/h1-2,5-7,10,16,19,21H,3-4,8-9,11-15,17-18,20H2/t21-/m0/s1. The van der Waals surface area contributed by atoms with Crippen LogP contribution in [-0.2, 0) is 17.7 Å². The molecule has 2 saturated heterocycles. The highest BCUT2D eigenvalue weighted by Crippen LogP contribution is 2.22. The van der Waals surface area contributed by atoms with Gasteiger partial charge in [-0.3, -0.25) is 14.8 Å². The van der Waals surface area contributed by atoms with Gasteiger partial charge in [0.1, 0.15) is 12.4 Å². The van der Waals surface area contributed by atoms with Gasteiger partial charge in [-0.25, -0.2) is 4.98 Å². The Labute approximate surface area is 190 Å². The van der Waals surface area contributed by atoms with Crippen molar-refractivity contribution in [3.8, 4) is 5.75 Å². The third-order valence-corrected chi connectivity index (χ3v) is 6.48. The molecule has 2 aliphatic heterocycles. The van der Waals surface area contributed by atoms with Crippen LogP contribution < -0.4 is 4.74 Å². The van der Waals surface area contributed by atoms with Gasteiger partial charge in [-0.05, 0) is 38.4 Å². The van der Waals surface area contributed by atoms with E-state index in [9.17, 15) is 0 Å². The average molecular weight is 436 g/mol. The van der Waals surface area contributed by atoms with E-state index >= 15 is 0 Å². The Morgan fingerprint density at radius 3 is 2.91 bits per heavy atom. The van der Waals surface area contributed by atoms with Crippen LogP contribution in [0.25, 0.3) is 5.65 Å². The minimum absolute atomic E-state index is 0.411. The Bertz CT molecular complexity index is 1000. The number of hydrogen-bond acceptors (Lipinski definition) is 6. The number of hydrogen-bond donors (Lipinski definition) is 0. The smallest absolute Gasteiger partial charge is 0.155 e. The van der Waals surface area contributed by atoms with E-state index in [1.807, 2.05) is 23.0 Å². The minimum Gasteiger partial charge on any atom is -0.492 e. The summed E-state index contributed by atoms with van der Waals surface area (Å²) >= 11 is 0. The van der Waals surface area contributed by atoms with E-state index in [1.165, 1.54) is 31.5 Å². The fourth-order valence-electron chi connectivity index (χ4n) is 4.80. The van der Waals surface area contributed by atoms with Gasteiger partial charge < -0.3 is 13.9 Å². The van der Waals surface area contributed by atoms with Crippen molar-refractivity contribution in [3.63, 3.8) is 0 Å². The fourth-order valence-corrected chi connectivity index (χ4v) is 4.80. The molecule has 4 heterocycles. The van der Waals surface area contributed by atoms with E-state index in [4.69, 9.17) is 9.47 Å². The maximum Gasteiger partial charge on any atom is 0.155 e. The average Bonchev–Trinajstić information content (AvgIpc) is 3.44. The lowest BCUT2D eigenvalue weighted by atomic mass is 10.0. The third-order valence-electron chi connectivity index (χ3n) is 6.48. The summed E-state index contributed by atoms with van der Waals surface area (Å²) in [5.41, 5.74) is 3.22. The summed E-state index contributed by atoms with van der Waals surface area (Å²) in [5.74, 6) is 1.43. The fraction of sp³-hybridized carbons (Fsp3) is 0.520. The monoisotopic (exact) mass is 435 g/mol. The number of aromatic nitrogens is 3. The molecule has 2 aliphatic rings. The van der Waals surface area contributed by atoms with Crippen LogP contribution >= 0.6 is 0 Å². The SMILES string of the molecule is c1ccc(OCCN2CCCC2)c(CN2CCOC[C@@H](Cc3cn4ccnc4cn3)C2)c1. The van der Waals surface area contributed by atoms with Crippen molar-refractivity contribution in [1.82, 2.24) is 24.2 Å². The van der Waals surface area contributed by atoms with Gasteiger partial charge in [-0.2, -0.15) is 0 Å². The number of imidazole rings is 1. The van der Waals surface area contributed by atoms with Gasteiger partial charge in [0.2, 0.25) is 0 Å². The lowest BCUT2D eigenvalue weighted by Gasteiger charge is -2.24. The molecular formula is C25H33N5O2. The first-order valence-corrected chi connectivity index (χ1v) is 11.8. The lowest BCUT2D eigenvalue weighted by molar-refractivity contribution is 0.121. The van der Waals surface area contributed by atoms with Crippen LogP contribution in [-0.4, -0.2) is 76.7 Å². The number of fused-ring (bicyclic) bond motifs is 1. The number of nitrogens with zero attached hydrogens (tertiary/aromatic N) is 5. The van der Waals surface area contributed by atoms with Crippen LogP contribution in [0.4, 0.5) is 0 Å². The zero-order chi connectivity index (χ0) is 21.6. The molecule has 2 aromatic heterocycles.